The van der Waals surface area contributed by atoms with Crippen LogP contribution in [0.5, 0.6) is 0 Å². The summed E-state index contributed by atoms with van der Waals surface area (Å²) in [5.74, 6) is 0. The molecule has 1 atom stereocenters. The van der Waals surface area contributed by atoms with E-state index in [1.54, 1.807) is 0 Å². The third kappa shape index (κ3) is 3.80. The van der Waals surface area contributed by atoms with Crippen LogP contribution in [0.4, 0.5) is 0 Å². The van der Waals surface area contributed by atoms with Gasteiger partial charge in [-0.15, -0.1) is 0 Å². The van der Waals surface area contributed by atoms with E-state index < -0.39 is 60.6 Å². The van der Waals surface area contributed by atoms with Gasteiger partial charge in [-0.1, -0.05) is 12.2 Å². The number of sulfone groups is 1. The fraction of sp³-hybridized carbons (Fsp3) is 0.0625. The first-order valence-corrected chi connectivity index (χ1v) is 15.2. The molecule has 47 heavy (non-hydrogen) atoms. The van der Waals surface area contributed by atoms with Crippen molar-refractivity contribution in [3.05, 3.63) is 155 Å². The van der Waals surface area contributed by atoms with Gasteiger partial charge in [0.05, 0.1) is 64.6 Å². The summed E-state index contributed by atoms with van der Waals surface area (Å²) in [5.41, 5.74) is -6.65. The predicted octanol–water partition coefficient (Wildman–Crippen LogP) is 0.569. The van der Waals surface area contributed by atoms with E-state index in [9.17, 15) is 46.8 Å². The second-order valence-electron chi connectivity index (χ2n) is 10.9. The summed E-state index contributed by atoms with van der Waals surface area (Å²) in [4.78, 5) is 99.9. The van der Waals surface area contributed by atoms with Gasteiger partial charge in [-0.05, 0) is 61.0 Å². The van der Waals surface area contributed by atoms with Crippen LogP contribution in [0.15, 0.2) is 124 Å². The fourth-order valence-electron chi connectivity index (χ4n) is 6.08. The van der Waals surface area contributed by atoms with E-state index in [1.165, 1.54) is 42.5 Å². The maximum absolute atomic E-state index is 13.4. The maximum atomic E-state index is 13.4. The summed E-state index contributed by atoms with van der Waals surface area (Å²) in [6.07, 6.45) is 3.92. The van der Waals surface area contributed by atoms with Crippen LogP contribution >= 0.6 is 0 Å². The zero-order valence-corrected chi connectivity index (χ0v) is 24.2. The Morgan fingerprint density at radius 1 is 0.574 bits per heavy atom. The smallest absolute Gasteiger partial charge is 0.346 e. The van der Waals surface area contributed by atoms with Crippen LogP contribution in [-0.2, 0) is 9.84 Å². The van der Waals surface area contributed by atoms with Gasteiger partial charge in [-0.25, -0.2) is 32.2 Å². The molecule has 14 nitrogen and oxygen atoms in total. The number of furan rings is 2. The molecule has 1 aliphatic rings. The minimum Gasteiger partial charge on any atom is -0.386 e. The van der Waals surface area contributed by atoms with E-state index in [1.807, 2.05) is 0 Å². The number of hydrogen-bond acceptors (Lipinski definition) is 12. The Kier molecular flexibility index (Phi) is 5.59. The number of hydrogen-bond donors (Lipinski definition) is 0. The lowest BCUT2D eigenvalue weighted by Crippen LogP contribution is -2.29. The van der Waals surface area contributed by atoms with Gasteiger partial charge < -0.3 is 8.83 Å². The van der Waals surface area contributed by atoms with Crippen molar-refractivity contribution in [3.8, 4) is 5.69 Å². The Bertz CT molecular complexity index is 3020. The van der Waals surface area contributed by atoms with E-state index in [2.05, 4.69) is 8.83 Å². The summed E-state index contributed by atoms with van der Waals surface area (Å²) in [5, 5.41) is -0.880. The molecular formula is C32H14N2O12S. The van der Waals surface area contributed by atoms with Gasteiger partial charge in [-0.2, -0.15) is 0 Å². The number of benzene rings is 3. The molecule has 230 valence electrons. The zero-order chi connectivity index (χ0) is 33.1. The number of nitrogens with zero attached hydrogens (tertiary/aromatic N) is 2. The molecule has 0 bridgehead atoms. The highest BCUT2D eigenvalue weighted by atomic mass is 32.2. The molecule has 3 aromatic carbocycles. The van der Waals surface area contributed by atoms with Gasteiger partial charge in [-0.3, -0.25) is 23.7 Å². The Labute approximate surface area is 256 Å². The molecule has 0 radical (unpaired) electrons. The first-order valence-electron chi connectivity index (χ1n) is 13.8. The third-order valence-corrected chi connectivity index (χ3v) is 10.2. The first kappa shape index (κ1) is 28.1. The molecule has 0 saturated heterocycles. The lowest BCUT2D eigenvalue weighted by atomic mass is 10.1. The van der Waals surface area contributed by atoms with E-state index >= 15 is 0 Å². The third-order valence-electron chi connectivity index (χ3n) is 8.42. The predicted molar refractivity (Wildman–Crippen MR) is 168 cm³/mol. The van der Waals surface area contributed by atoms with Crippen LogP contribution in [0, 0.1) is 0 Å². The molecule has 15 heteroatoms. The second-order valence-corrected chi connectivity index (χ2v) is 12.9. The van der Waals surface area contributed by atoms with Crippen LogP contribution in [-0.4, -0.2) is 17.6 Å². The van der Waals surface area contributed by atoms with Gasteiger partial charge in [0.15, 0.2) is 0 Å². The first-order chi connectivity index (χ1) is 22.4. The molecule has 0 spiro atoms. The van der Waals surface area contributed by atoms with Gasteiger partial charge >= 0.3 is 22.5 Å². The minimum atomic E-state index is -4.13. The zero-order valence-electron chi connectivity index (χ0n) is 23.3. The van der Waals surface area contributed by atoms with Crippen LogP contribution in [0.1, 0.15) is 12.5 Å². The van der Waals surface area contributed by atoms with Crippen LogP contribution < -0.4 is 44.7 Å². The molecule has 0 N–H and O–H groups in total. The summed E-state index contributed by atoms with van der Waals surface area (Å²) in [6.45, 7) is 0. The standard InChI is InChI=1S/C32H14N2O12S/c35-25-17-9-21-22(30(40)45-29(21)39)10-18(17)26(36)33(25)13-1-5-15(6-2-13)47(43,44)16-7-3-14(4-8-16)34-27(37)19-11-23-24(12-20(19)28(34)38)32(42)46-31(23)41/h1-3,5-12,14H,4H2. The molecule has 0 aliphatic heterocycles. The highest BCUT2D eigenvalue weighted by Crippen LogP contribution is 2.28. The van der Waals surface area contributed by atoms with Crippen LogP contribution in [0.2, 0.25) is 0 Å². The molecular weight excluding hydrogens is 636 g/mol. The molecule has 0 saturated carbocycles. The maximum Gasteiger partial charge on any atom is 0.346 e. The number of rotatable bonds is 4. The Morgan fingerprint density at radius 3 is 1.40 bits per heavy atom. The van der Waals surface area contributed by atoms with Crippen molar-refractivity contribution < 1.29 is 17.3 Å². The normalized spacial score (nSPS) is 15.4. The molecule has 1 aliphatic carbocycles. The van der Waals surface area contributed by atoms with Gasteiger partial charge in [0.1, 0.15) is 0 Å². The summed E-state index contributed by atoms with van der Waals surface area (Å²) in [6, 6.07) is 8.59. The molecule has 0 fully saturated rings. The lowest BCUT2D eigenvalue weighted by molar-refractivity contribution is 0.499. The fourth-order valence-corrected chi connectivity index (χ4v) is 7.42. The molecule has 4 aromatic heterocycles. The molecule has 7 aromatic rings. The average Bonchev–Trinajstić information content (AvgIpc) is 3.68. The lowest BCUT2D eigenvalue weighted by Gasteiger charge is -2.17. The Balaban J connectivity index is 1.11. The van der Waals surface area contributed by atoms with E-state index in [0.717, 1.165) is 33.4 Å². The van der Waals surface area contributed by atoms with Crippen molar-refractivity contribution in [3.63, 3.8) is 0 Å². The van der Waals surface area contributed by atoms with Crippen molar-refractivity contribution in [2.24, 2.45) is 0 Å². The van der Waals surface area contributed by atoms with Crippen LogP contribution in [0.3, 0.4) is 0 Å². The molecule has 4 heterocycles. The summed E-state index contributed by atoms with van der Waals surface area (Å²) in [7, 11) is -4.13. The highest BCUT2D eigenvalue weighted by molar-refractivity contribution is 7.95. The number of allylic oxidation sites excluding steroid dienone is 3. The summed E-state index contributed by atoms with van der Waals surface area (Å²) >= 11 is 0. The average molecular weight is 651 g/mol. The Hall–Kier alpha value is -6.35. The molecule has 1 unspecified atom stereocenters. The van der Waals surface area contributed by atoms with E-state index in [4.69, 9.17) is 0 Å². The van der Waals surface area contributed by atoms with Crippen molar-refractivity contribution in [2.75, 3.05) is 0 Å². The highest BCUT2D eigenvalue weighted by Gasteiger charge is 2.26. The number of fused-ring (bicyclic) bond motifs is 4. The number of aromatic nitrogens is 2. The minimum absolute atomic E-state index is 0.0454. The molecule has 8 rings (SSSR count). The SMILES string of the molecule is O=c1oc(=O)c2cc3c(=O)n(-c4ccc(S(=O)(=O)C5=CCC(n6c(=O)c7cc8c(=O)oc(=O)c8cc7c6=O)C=C5)cc4)c(=O)c3cc12. The largest absolute Gasteiger partial charge is 0.386 e. The van der Waals surface area contributed by atoms with Crippen molar-refractivity contribution in [2.45, 2.75) is 17.4 Å². The monoisotopic (exact) mass is 650 g/mol. The second kappa shape index (κ2) is 9.34. The van der Waals surface area contributed by atoms with Gasteiger partial charge in [0.25, 0.3) is 22.2 Å². The topological polar surface area (TPSA) is 207 Å². The van der Waals surface area contributed by atoms with E-state index in [0.29, 0.717) is 0 Å². The molecule has 0 amide bonds. The quantitative estimate of drug-likeness (QED) is 0.256. The van der Waals surface area contributed by atoms with Gasteiger partial charge in [0, 0.05) is 0 Å². The summed E-state index contributed by atoms with van der Waals surface area (Å²) < 4.78 is 37.7. The van der Waals surface area contributed by atoms with E-state index in [-0.39, 0.29) is 65.0 Å². The van der Waals surface area contributed by atoms with Crippen LogP contribution in [0.25, 0.3) is 48.8 Å². The van der Waals surface area contributed by atoms with Crippen molar-refractivity contribution in [1.29, 1.82) is 0 Å². The van der Waals surface area contributed by atoms with Crippen molar-refractivity contribution in [1.82, 2.24) is 9.13 Å². The van der Waals surface area contributed by atoms with Crippen molar-refractivity contribution >= 4 is 52.9 Å². The van der Waals surface area contributed by atoms with Gasteiger partial charge in [0.2, 0.25) is 9.84 Å². The Morgan fingerprint density at radius 2 is 1.00 bits per heavy atom.